The Morgan fingerprint density at radius 1 is 1.50 bits per heavy atom. The second kappa shape index (κ2) is 8.24. The molecule has 0 aliphatic heterocycles. The lowest BCUT2D eigenvalue weighted by molar-refractivity contribution is -0.129. The predicted octanol–water partition coefficient (Wildman–Crippen LogP) is 1.64. The van der Waals surface area contributed by atoms with Crippen molar-refractivity contribution in [1.82, 2.24) is 10.2 Å². The van der Waals surface area contributed by atoms with Gasteiger partial charge in [0.15, 0.2) is 0 Å². The number of hydrogen-bond acceptors (Lipinski definition) is 3. The van der Waals surface area contributed by atoms with E-state index in [9.17, 15) is 4.79 Å². The maximum atomic E-state index is 11.8. The van der Waals surface area contributed by atoms with E-state index in [-0.39, 0.29) is 5.91 Å². The van der Waals surface area contributed by atoms with Gasteiger partial charge in [0.25, 0.3) is 0 Å². The fourth-order valence-corrected chi connectivity index (χ4v) is 1.95. The van der Waals surface area contributed by atoms with Crippen LogP contribution in [0.3, 0.4) is 0 Å². The molecule has 18 heavy (non-hydrogen) atoms. The molecule has 1 amide bonds. The zero-order valence-corrected chi connectivity index (χ0v) is 12.4. The summed E-state index contributed by atoms with van der Waals surface area (Å²) in [6.45, 7) is 2.26. The molecule has 4 nitrogen and oxygen atoms in total. The Labute approximate surface area is 116 Å². The van der Waals surface area contributed by atoms with Gasteiger partial charge in [-0.25, -0.2) is 0 Å². The molecule has 0 fully saturated rings. The quantitative estimate of drug-likeness (QED) is 0.778. The van der Waals surface area contributed by atoms with Gasteiger partial charge in [-0.1, -0.05) is 28.1 Å². The van der Waals surface area contributed by atoms with Crippen molar-refractivity contribution in [2.24, 2.45) is 0 Å². The Balaban J connectivity index is 2.35. The normalized spacial score (nSPS) is 10.4. The van der Waals surface area contributed by atoms with Crippen LogP contribution in [0.5, 0.6) is 0 Å². The van der Waals surface area contributed by atoms with Crippen LogP contribution in [0.1, 0.15) is 5.56 Å². The molecule has 0 aliphatic rings. The van der Waals surface area contributed by atoms with Crippen molar-refractivity contribution in [2.45, 2.75) is 6.54 Å². The number of ether oxygens (including phenoxy) is 1. The topological polar surface area (TPSA) is 41.6 Å². The van der Waals surface area contributed by atoms with Gasteiger partial charge in [0, 0.05) is 31.7 Å². The molecule has 0 aliphatic carbocycles. The minimum atomic E-state index is 0.0751. The molecule has 1 N–H and O–H groups in total. The number of nitrogens with zero attached hydrogens (tertiary/aromatic N) is 1. The van der Waals surface area contributed by atoms with E-state index in [0.29, 0.717) is 26.2 Å². The van der Waals surface area contributed by atoms with Crippen LogP contribution in [0, 0.1) is 0 Å². The Hall–Kier alpha value is -0.910. The first-order chi connectivity index (χ1) is 8.63. The summed E-state index contributed by atoms with van der Waals surface area (Å²) in [4.78, 5) is 13.5. The highest BCUT2D eigenvalue weighted by Gasteiger charge is 2.08. The molecular weight excluding hydrogens is 296 g/mol. The van der Waals surface area contributed by atoms with Crippen molar-refractivity contribution in [1.29, 1.82) is 0 Å². The van der Waals surface area contributed by atoms with Gasteiger partial charge in [0.2, 0.25) is 5.91 Å². The van der Waals surface area contributed by atoms with E-state index in [0.717, 1.165) is 10.0 Å². The fraction of sp³-hybridized carbons (Fsp3) is 0.462. The zero-order chi connectivity index (χ0) is 13.4. The number of likely N-dealkylation sites (N-methyl/N-ethyl adjacent to an activating group) is 1. The molecule has 0 bridgehead atoms. The lowest BCUT2D eigenvalue weighted by Crippen LogP contribution is -2.36. The zero-order valence-electron chi connectivity index (χ0n) is 10.8. The first-order valence-electron chi connectivity index (χ1n) is 5.81. The number of methoxy groups -OCH3 is 1. The molecule has 5 heteroatoms. The third-order valence-corrected chi connectivity index (χ3v) is 2.99. The van der Waals surface area contributed by atoms with Crippen molar-refractivity contribution in [2.75, 3.05) is 33.9 Å². The second-order valence-electron chi connectivity index (χ2n) is 4.05. The maximum absolute atomic E-state index is 11.8. The number of nitrogens with one attached hydrogen (secondary N) is 1. The molecule has 0 spiro atoms. The highest BCUT2D eigenvalue weighted by molar-refractivity contribution is 9.10. The number of carbonyl (C=O) groups is 1. The molecule has 100 valence electrons. The summed E-state index contributed by atoms with van der Waals surface area (Å²) in [6, 6.07) is 7.96. The van der Waals surface area contributed by atoms with E-state index < -0.39 is 0 Å². The first kappa shape index (κ1) is 15.1. The number of rotatable bonds is 7. The van der Waals surface area contributed by atoms with Crippen molar-refractivity contribution in [3.8, 4) is 0 Å². The van der Waals surface area contributed by atoms with E-state index in [1.807, 2.05) is 24.3 Å². The molecule has 0 saturated heterocycles. The van der Waals surface area contributed by atoms with Crippen molar-refractivity contribution >= 4 is 21.8 Å². The van der Waals surface area contributed by atoms with Crippen molar-refractivity contribution in [3.63, 3.8) is 0 Å². The van der Waals surface area contributed by atoms with Crippen LogP contribution in [-0.2, 0) is 16.1 Å². The summed E-state index contributed by atoms with van der Waals surface area (Å²) in [5.41, 5.74) is 1.11. The predicted molar refractivity (Wildman–Crippen MR) is 75.4 cm³/mol. The van der Waals surface area contributed by atoms with Gasteiger partial charge in [-0.05, 0) is 17.7 Å². The summed E-state index contributed by atoms with van der Waals surface area (Å²) in [6.07, 6.45) is 0. The van der Waals surface area contributed by atoms with E-state index >= 15 is 0 Å². The number of halogens is 1. The molecule has 0 aromatic heterocycles. The lowest BCUT2D eigenvalue weighted by atomic mass is 10.2. The van der Waals surface area contributed by atoms with Gasteiger partial charge in [-0.15, -0.1) is 0 Å². The molecule has 0 radical (unpaired) electrons. The SMILES string of the molecule is COCCNCC(=O)N(C)Cc1cccc(Br)c1. The number of amides is 1. The Morgan fingerprint density at radius 3 is 2.94 bits per heavy atom. The van der Waals surface area contributed by atoms with Crippen LogP contribution < -0.4 is 5.32 Å². The number of benzene rings is 1. The third kappa shape index (κ3) is 5.62. The highest BCUT2D eigenvalue weighted by atomic mass is 79.9. The van der Waals surface area contributed by atoms with Gasteiger partial charge >= 0.3 is 0 Å². The van der Waals surface area contributed by atoms with E-state index in [4.69, 9.17) is 4.74 Å². The summed E-state index contributed by atoms with van der Waals surface area (Å²) < 4.78 is 5.93. The summed E-state index contributed by atoms with van der Waals surface area (Å²) >= 11 is 3.42. The summed E-state index contributed by atoms with van der Waals surface area (Å²) in [7, 11) is 3.45. The molecule has 0 unspecified atom stereocenters. The van der Waals surface area contributed by atoms with Gasteiger partial charge < -0.3 is 15.0 Å². The van der Waals surface area contributed by atoms with Crippen molar-refractivity contribution in [3.05, 3.63) is 34.3 Å². The molecule has 0 saturated carbocycles. The van der Waals surface area contributed by atoms with Crippen LogP contribution in [0.2, 0.25) is 0 Å². The van der Waals surface area contributed by atoms with Crippen LogP contribution in [0.4, 0.5) is 0 Å². The average molecular weight is 315 g/mol. The van der Waals surface area contributed by atoms with Gasteiger partial charge in [-0.2, -0.15) is 0 Å². The molecule has 1 rings (SSSR count). The highest BCUT2D eigenvalue weighted by Crippen LogP contribution is 2.12. The Bertz CT molecular complexity index is 385. The van der Waals surface area contributed by atoms with E-state index in [1.165, 1.54) is 0 Å². The maximum Gasteiger partial charge on any atom is 0.236 e. The molecule has 1 aromatic carbocycles. The van der Waals surface area contributed by atoms with Crippen molar-refractivity contribution < 1.29 is 9.53 Å². The fourth-order valence-electron chi connectivity index (χ4n) is 1.50. The lowest BCUT2D eigenvalue weighted by Gasteiger charge is -2.17. The van der Waals surface area contributed by atoms with Crippen LogP contribution in [-0.4, -0.2) is 44.7 Å². The summed E-state index contributed by atoms with van der Waals surface area (Å²) in [5, 5.41) is 3.04. The monoisotopic (exact) mass is 314 g/mol. The van der Waals surface area contributed by atoms with Gasteiger partial charge in [0.05, 0.1) is 13.2 Å². The second-order valence-corrected chi connectivity index (χ2v) is 4.96. The van der Waals surface area contributed by atoms with Crippen LogP contribution >= 0.6 is 15.9 Å². The first-order valence-corrected chi connectivity index (χ1v) is 6.61. The van der Waals surface area contributed by atoms with Crippen LogP contribution in [0.25, 0.3) is 0 Å². The van der Waals surface area contributed by atoms with E-state index in [1.54, 1.807) is 19.1 Å². The third-order valence-electron chi connectivity index (χ3n) is 2.49. The molecule has 0 heterocycles. The Kier molecular flexibility index (Phi) is 6.93. The molecular formula is C13H19BrN2O2. The summed E-state index contributed by atoms with van der Waals surface area (Å²) in [5.74, 6) is 0.0751. The van der Waals surface area contributed by atoms with Gasteiger partial charge in [-0.3, -0.25) is 4.79 Å². The molecule has 0 atom stereocenters. The molecule has 1 aromatic rings. The smallest absolute Gasteiger partial charge is 0.236 e. The minimum absolute atomic E-state index is 0.0751. The number of carbonyl (C=O) groups excluding carboxylic acids is 1. The van der Waals surface area contributed by atoms with Crippen LogP contribution in [0.15, 0.2) is 28.7 Å². The Morgan fingerprint density at radius 2 is 2.28 bits per heavy atom. The van der Waals surface area contributed by atoms with Gasteiger partial charge in [0.1, 0.15) is 0 Å². The average Bonchev–Trinajstić information content (AvgIpc) is 2.34. The minimum Gasteiger partial charge on any atom is -0.383 e. The van der Waals surface area contributed by atoms with E-state index in [2.05, 4.69) is 21.2 Å². The standard InChI is InChI=1S/C13H19BrN2O2/c1-16(13(17)9-15-6-7-18-2)10-11-4-3-5-12(14)8-11/h3-5,8,15H,6-7,9-10H2,1-2H3. The number of hydrogen-bond donors (Lipinski definition) is 1. The largest absolute Gasteiger partial charge is 0.383 e.